The number of amides is 1. The summed E-state index contributed by atoms with van der Waals surface area (Å²) in [6.07, 6.45) is 1.88. The molecule has 1 rings (SSSR count). The number of hydrogen-bond acceptors (Lipinski definition) is 5. The maximum absolute atomic E-state index is 11.0. The van der Waals surface area contributed by atoms with Crippen LogP contribution >= 0.6 is 39.1 Å². The lowest BCUT2D eigenvalue weighted by Crippen LogP contribution is -2.13. The average molecular weight is 261 g/mol. The molecule has 0 aromatic carbocycles. The second-order valence-electron chi connectivity index (χ2n) is 1.92. The summed E-state index contributed by atoms with van der Waals surface area (Å²) in [7, 11) is 0. The number of carbonyl (C=O) groups excluding carboxylic acids is 1. The number of thioether (sulfide) groups is 1. The summed E-state index contributed by atoms with van der Waals surface area (Å²) in [4.78, 5) is 11.0. The van der Waals surface area contributed by atoms with Crippen molar-refractivity contribution in [1.82, 2.24) is 4.78 Å². The van der Waals surface area contributed by atoms with Crippen molar-refractivity contribution in [3.8, 4) is 0 Å². The van der Waals surface area contributed by atoms with Gasteiger partial charge >= 0.3 is 0 Å². The van der Waals surface area contributed by atoms with Gasteiger partial charge in [-0.05, 0) is 40.7 Å². The molecule has 0 N–H and O–H groups in total. The quantitative estimate of drug-likeness (QED) is 0.627. The molecule has 1 atom stereocenters. The predicted molar refractivity (Wildman–Crippen MR) is 61.2 cm³/mol. The molecule has 1 aliphatic heterocycles. The van der Waals surface area contributed by atoms with Gasteiger partial charge in [0.1, 0.15) is 0 Å². The Bertz CT molecular complexity index is 294. The van der Waals surface area contributed by atoms with Crippen LogP contribution in [0, 0.1) is 0 Å². The van der Waals surface area contributed by atoms with Crippen LogP contribution in [0.3, 0.4) is 0 Å². The second kappa shape index (κ2) is 3.88. The van der Waals surface area contributed by atoms with E-state index in [1.54, 1.807) is 0 Å². The predicted octanol–water partition coefficient (Wildman–Crippen LogP) is 2.68. The molecular weight excluding hydrogens is 255 g/mol. The fraction of sp³-hybridized carbons (Fsp3) is 0.500. The summed E-state index contributed by atoms with van der Waals surface area (Å²) >= 11 is 13.8. The zero-order chi connectivity index (χ0) is 9.35. The van der Waals surface area contributed by atoms with Crippen LogP contribution in [0.25, 0.3) is 0 Å². The first-order valence-corrected chi connectivity index (χ1v) is 9.21. The molecule has 0 saturated heterocycles. The summed E-state index contributed by atoms with van der Waals surface area (Å²) in [6.45, 7) is 1.41. The van der Waals surface area contributed by atoms with Gasteiger partial charge in [-0.25, -0.2) is 0 Å². The molecule has 1 aliphatic rings. The Labute approximate surface area is 88.9 Å². The van der Waals surface area contributed by atoms with Crippen LogP contribution in [-0.4, -0.2) is 21.3 Å². The Kier molecular flexibility index (Phi) is 3.51. The molecule has 0 aliphatic carbocycles. The molecule has 68 valence electrons. The normalized spacial score (nSPS) is 28.9. The largest absolute Gasteiger partial charge is 0.273 e. The first-order valence-electron chi connectivity index (χ1n) is 2.90. The van der Waals surface area contributed by atoms with Gasteiger partial charge in [-0.3, -0.25) is 4.79 Å². The molecule has 1 unspecified atom stereocenters. The van der Waals surface area contributed by atoms with E-state index in [4.69, 9.17) is 23.0 Å². The van der Waals surface area contributed by atoms with Crippen LogP contribution in [0.15, 0.2) is 5.10 Å². The van der Waals surface area contributed by atoms with Gasteiger partial charge in [0.05, 0.1) is 0 Å². The molecule has 0 radical (unpaired) electrons. The number of rotatable bonds is 0. The highest BCUT2D eigenvalue weighted by Crippen LogP contribution is 2.71. The maximum atomic E-state index is 11.0. The highest BCUT2D eigenvalue weighted by molar-refractivity contribution is 8.85. The molecule has 0 saturated carbocycles. The Morgan fingerprint density at radius 1 is 1.92 bits per heavy atom. The molecule has 0 bridgehead atoms. The fourth-order valence-corrected chi connectivity index (χ4v) is 8.01. The molecule has 0 spiro atoms. The maximum Gasteiger partial charge on any atom is 0.245 e. The summed E-state index contributed by atoms with van der Waals surface area (Å²) in [5.74, 6) is -0.190. The first-order chi connectivity index (χ1) is 5.47. The lowest BCUT2D eigenvalue weighted by atomic mass is 10.8. The second-order valence-corrected chi connectivity index (χ2v) is 11.9. The molecule has 0 fully saturated rings. The summed E-state index contributed by atoms with van der Waals surface area (Å²) in [6, 6.07) is 0. The molecule has 1 amide bonds. The van der Waals surface area contributed by atoms with Gasteiger partial charge in [-0.15, -0.1) is 16.9 Å². The van der Waals surface area contributed by atoms with Crippen LogP contribution in [0.4, 0.5) is 0 Å². The fourth-order valence-electron chi connectivity index (χ4n) is 0.601. The summed E-state index contributed by atoms with van der Waals surface area (Å²) in [5.41, 5.74) is 0. The highest BCUT2D eigenvalue weighted by Gasteiger charge is 2.34. The lowest BCUT2D eigenvalue weighted by molar-refractivity contribution is -0.123. The van der Waals surface area contributed by atoms with Crippen LogP contribution in [-0.2, 0) is 16.6 Å². The summed E-state index contributed by atoms with van der Waals surface area (Å²) < 4.78 is -0.311. The van der Waals surface area contributed by atoms with E-state index >= 15 is 0 Å². The van der Waals surface area contributed by atoms with E-state index in [9.17, 15) is 4.79 Å². The monoisotopic (exact) mass is 260 g/mol. The van der Waals surface area contributed by atoms with E-state index < -0.39 is 4.74 Å². The van der Waals surface area contributed by atoms with E-state index in [2.05, 4.69) is 5.10 Å². The molecule has 0 aromatic rings. The lowest BCUT2D eigenvalue weighted by Gasteiger charge is -2.14. The minimum Gasteiger partial charge on any atom is -0.273 e. The van der Waals surface area contributed by atoms with Gasteiger partial charge in [0.15, 0.2) is 4.38 Å². The molecule has 8 heteroatoms. The number of hydrazone groups is 1. The zero-order valence-electron chi connectivity index (χ0n) is 6.35. The SMILES string of the molecule is CSC1=NN(C(C)=O)P(=S)(Cl)S1. The molecule has 1 heterocycles. The third-order valence-corrected chi connectivity index (χ3v) is 7.73. The minimum absolute atomic E-state index is 0.190. The summed E-state index contributed by atoms with van der Waals surface area (Å²) in [5, 5.41) is 4.00. The van der Waals surface area contributed by atoms with Gasteiger partial charge in [0.2, 0.25) is 10.7 Å². The zero-order valence-corrected chi connectivity index (χ0v) is 10.5. The van der Waals surface area contributed by atoms with E-state index in [0.717, 1.165) is 4.38 Å². The minimum atomic E-state index is -2.30. The van der Waals surface area contributed by atoms with Gasteiger partial charge in [0, 0.05) is 6.92 Å². The average Bonchev–Trinajstić information content (AvgIpc) is 2.25. The van der Waals surface area contributed by atoms with Crippen molar-refractivity contribution in [1.29, 1.82) is 0 Å². The number of nitrogens with zero attached hydrogens (tertiary/aromatic N) is 2. The van der Waals surface area contributed by atoms with E-state index in [0.29, 0.717) is 0 Å². The van der Waals surface area contributed by atoms with Gasteiger partial charge < -0.3 is 0 Å². The Morgan fingerprint density at radius 3 is 2.75 bits per heavy atom. The van der Waals surface area contributed by atoms with E-state index in [1.165, 1.54) is 34.8 Å². The molecule has 12 heavy (non-hydrogen) atoms. The standard InChI is InChI=1S/C4H6ClN2OPS3/c1-3(8)7-6-4(11-2)12-9(7,5)10/h1-2H3. The third-order valence-electron chi connectivity index (χ3n) is 1.05. The Hall–Kier alpha value is 0.780. The van der Waals surface area contributed by atoms with E-state index in [-0.39, 0.29) is 5.91 Å². The van der Waals surface area contributed by atoms with Crippen molar-refractivity contribution in [2.75, 3.05) is 6.26 Å². The smallest absolute Gasteiger partial charge is 0.245 e. The molecule has 0 aromatic heterocycles. The van der Waals surface area contributed by atoms with Crippen molar-refractivity contribution in [2.24, 2.45) is 5.10 Å². The van der Waals surface area contributed by atoms with Crippen molar-refractivity contribution < 1.29 is 4.79 Å². The van der Waals surface area contributed by atoms with Crippen LogP contribution < -0.4 is 0 Å². The first kappa shape index (κ1) is 10.9. The van der Waals surface area contributed by atoms with E-state index in [1.807, 2.05) is 6.26 Å². The van der Waals surface area contributed by atoms with Crippen molar-refractivity contribution in [2.45, 2.75) is 6.92 Å². The van der Waals surface area contributed by atoms with Crippen LogP contribution in [0.2, 0.25) is 0 Å². The molecular formula is C4H6ClN2OPS3. The number of hydrogen-bond donors (Lipinski definition) is 0. The Morgan fingerprint density at radius 2 is 2.50 bits per heavy atom. The topological polar surface area (TPSA) is 32.7 Å². The van der Waals surface area contributed by atoms with Crippen molar-refractivity contribution >= 4 is 61.2 Å². The highest BCUT2D eigenvalue weighted by atomic mass is 35.7. The van der Waals surface area contributed by atoms with Crippen LogP contribution in [0.5, 0.6) is 0 Å². The third kappa shape index (κ3) is 2.17. The number of halogens is 1. The van der Waals surface area contributed by atoms with Gasteiger partial charge in [-0.1, -0.05) is 0 Å². The molecule has 3 nitrogen and oxygen atoms in total. The van der Waals surface area contributed by atoms with Crippen LogP contribution in [0.1, 0.15) is 6.92 Å². The Balaban J connectivity index is 2.92. The van der Waals surface area contributed by atoms with Gasteiger partial charge in [0.25, 0.3) is 0 Å². The van der Waals surface area contributed by atoms with Crippen molar-refractivity contribution in [3.63, 3.8) is 0 Å². The van der Waals surface area contributed by atoms with Gasteiger partial charge in [-0.2, -0.15) is 4.78 Å². The van der Waals surface area contributed by atoms with Crippen molar-refractivity contribution in [3.05, 3.63) is 0 Å². The number of carbonyl (C=O) groups is 1.